The monoisotopic (exact) mass is 338 g/mol. The van der Waals surface area contributed by atoms with E-state index in [2.05, 4.69) is 40.7 Å². The molecule has 0 amide bonds. The molecule has 0 radical (unpaired) electrons. The molecule has 0 N–H and O–H groups in total. The van der Waals surface area contributed by atoms with Crippen LogP contribution in [0.5, 0.6) is 0 Å². The van der Waals surface area contributed by atoms with Crippen LogP contribution >= 0.6 is 0 Å². The van der Waals surface area contributed by atoms with Gasteiger partial charge in [0.05, 0.1) is 13.2 Å². The minimum absolute atomic E-state index is 0.113. The lowest BCUT2D eigenvalue weighted by molar-refractivity contribution is -0.423. The molecule has 1 aliphatic carbocycles. The molecule has 134 valence electrons. The van der Waals surface area contributed by atoms with Gasteiger partial charge in [0, 0.05) is 5.92 Å². The third-order valence-corrected chi connectivity index (χ3v) is 5.64. The van der Waals surface area contributed by atoms with Gasteiger partial charge in [0.2, 0.25) is 0 Å². The van der Waals surface area contributed by atoms with Crippen LogP contribution in [0.15, 0.2) is 24.3 Å². The number of halogens is 2. The molecule has 1 aromatic carbocycles. The number of alkyl halides is 2. The fraction of sp³-hybridized carbons (Fsp3) is 0.700. The highest BCUT2D eigenvalue weighted by Gasteiger charge is 2.41. The molecular formula is C20H28F2O2. The van der Waals surface area contributed by atoms with E-state index in [1.165, 1.54) is 24.0 Å². The Morgan fingerprint density at radius 1 is 0.958 bits per heavy atom. The van der Waals surface area contributed by atoms with Gasteiger partial charge in [0.15, 0.2) is 0 Å². The first-order valence-corrected chi connectivity index (χ1v) is 9.32. The predicted octanol–water partition coefficient (Wildman–Crippen LogP) is 5.52. The van der Waals surface area contributed by atoms with E-state index >= 15 is 0 Å². The van der Waals surface area contributed by atoms with Crippen LogP contribution in [0, 0.1) is 11.8 Å². The maximum absolute atomic E-state index is 12.9. The minimum Gasteiger partial charge on any atom is -0.295 e. The van der Waals surface area contributed by atoms with Crippen LogP contribution in [-0.2, 0) is 15.9 Å². The molecule has 1 heterocycles. The van der Waals surface area contributed by atoms with Crippen molar-refractivity contribution in [2.45, 2.75) is 64.1 Å². The van der Waals surface area contributed by atoms with Crippen molar-refractivity contribution >= 4 is 0 Å². The van der Waals surface area contributed by atoms with E-state index in [0.717, 1.165) is 32.1 Å². The van der Waals surface area contributed by atoms with Gasteiger partial charge in [-0.05, 0) is 61.5 Å². The van der Waals surface area contributed by atoms with Crippen LogP contribution < -0.4 is 0 Å². The van der Waals surface area contributed by atoms with Crippen LogP contribution in [0.1, 0.15) is 62.5 Å². The normalized spacial score (nSPS) is 28.0. The number of rotatable bonds is 5. The lowest BCUT2D eigenvalue weighted by Crippen LogP contribution is -2.40. The summed E-state index contributed by atoms with van der Waals surface area (Å²) in [6, 6.07) is 9.09. The molecule has 1 saturated heterocycles. The highest BCUT2D eigenvalue weighted by atomic mass is 19.3. The summed E-state index contributed by atoms with van der Waals surface area (Å²) in [4.78, 5) is 0. The molecule has 4 heteroatoms. The van der Waals surface area contributed by atoms with Crippen molar-refractivity contribution in [2.75, 3.05) is 13.2 Å². The molecule has 0 aromatic heterocycles. The third-order valence-electron chi connectivity index (χ3n) is 5.64. The molecular weight excluding hydrogens is 310 g/mol. The molecule has 24 heavy (non-hydrogen) atoms. The Kier molecular flexibility index (Phi) is 5.88. The second-order valence-electron chi connectivity index (χ2n) is 7.30. The summed E-state index contributed by atoms with van der Waals surface area (Å²) < 4.78 is 34.9. The molecule has 0 unspecified atom stereocenters. The Morgan fingerprint density at radius 2 is 1.58 bits per heavy atom. The van der Waals surface area contributed by atoms with Crippen molar-refractivity contribution in [1.82, 2.24) is 0 Å². The largest absolute Gasteiger partial charge is 0.485 e. The van der Waals surface area contributed by atoms with Crippen molar-refractivity contribution in [3.05, 3.63) is 35.4 Å². The summed E-state index contributed by atoms with van der Waals surface area (Å²) in [5.74, 6) is 1.16. The summed E-state index contributed by atoms with van der Waals surface area (Å²) in [7, 11) is 0. The van der Waals surface area contributed by atoms with Crippen molar-refractivity contribution in [3.8, 4) is 0 Å². The van der Waals surface area contributed by atoms with E-state index in [1.54, 1.807) is 0 Å². The molecule has 1 aliphatic heterocycles. The maximum atomic E-state index is 12.9. The van der Waals surface area contributed by atoms with E-state index in [1.807, 2.05) is 0 Å². The topological polar surface area (TPSA) is 18.5 Å². The maximum Gasteiger partial charge on any atom is 0.485 e. The van der Waals surface area contributed by atoms with E-state index in [0.29, 0.717) is 11.8 Å². The standard InChI is InChI=1S/C20H28F2O2/c1-2-3-4-15-5-7-16(8-6-15)17-9-11-18(12-10-17)19-13-23-20(21,22)24-14-19/h5-8,17-19H,2-4,9-14H2,1H3. The van der Waals surface area contributed by atoms with Gasteiger partial charge in [-0.1, -0.05) is 37.6 Å². The fourth-order valence-corrected chi connectivity index (χ4v) is 4.03. The first kappa shape index (κ1) is 17.8. The van der Waals surface area contributed by atoms with Crippen LogP contribution in [0.3, 0.4) is 0 Å². The average Bonchev–Trinajstić information content (AvgIpc) is 2.61. The molecule has 0 spiro atoms. The van der Waals surface area contributed by atoms with E-state index in [9.17, 15) is 8.78 Å². The van der Waals surface area contributed by atoms with Gasteiger partial charge < -0.3 is 0 Å². The molecule has 2 fully saturated rings. The highest BCUT2D eigenvalue weighted by Crippen LogP contribution is 2.41. The Hall–Kier alpha value is -1.00. The van der Waals surface area contributed by atoms with Crippen LogP contribution in [0.25, 0.3) is 0 Å². The number of hydrogen-bond acceptors (Lipinski definition) is 2. The lowest BCUT2D eigenvalue weighted by atomic mass is 9.74. The van der Waals surface area contributed by atoms with E-state index in [-0.39, 0.29) is 19.1 Å². The van der Waals surface area contributed by atoms with Gasteiger partial charge in [-0.25, -0.2) is 0 Å². The Morgan fingerprint density at radius 3 is 2.17 bits per heavy atom. The third kappa shape index (κ3) is 4.54. The molecule has 2 aliphatic rings. The van der Waals surface area contributed by atoms with E-state index < -0.39 is 6.29 Å². The molecule has 0 bridgehead atoms. The van der Waals surface area contributed by atoms with Gasteiger partial charge >= 0.3 is 6.29 Å². The fourth-order valence-electron chi connectivity index (χ4n) is 4.03. The second-order valence-corrected chi connectivity index (χ2v) is 7.30. The number of aryl methyl sites for hydroxylation is 1. The van der Waals surface area contributed by atoms with Gasteiger partial charge in [-0.2, -0.15) is 0 Å². The zero-order valence-corrected chi connectivity index (χ0v) is 14.5. The number of ether oxygens (including phenoxy) is 2. The first-order chi connectivity index (χ1) is 11.6. The highest BCUT2D eigenvalue weighted by molar-refractivity contribution is 5.26. The summed E-state index contributed by atoms with van der Waals surface area (Å²) in [5.41, 5.74) is 2.85. The van der Waals surface area contributed by atoms with Gasteiger partial charge in [0.1, 0.15) is 0 Å². The minimum atomic E-state index is -3.38. The van der Waals surface area contributed by atoms with Crippen LogP contribution in [0.2, 0.25) is 0 Å². The van der Waals surface area contributed by atoms with Gasteiger partial charge in [0.25, 0.3) is 0 Å². The van der Waals surface area contributed by atoms with Crippen molar-refractivity contribution < 1.29 is 18.3 Å². The average molecular weight is 338 g/mol. The summed E-state index contributed by atoms with van der Waals surface area (Å²) >= 11 is 0. The summed E-state index contributed by atoms with van der Waals surface area (Å²) in [5, 5.41) is 0. The number of hydrogen-bond donors (Lipinski definition) is 0. The van der Waals surface area contributed by atoms with Gasteiger partial charge in [-0.15, -0.1) is 8.78 Å². The lowest BCUT2D eigenvalue weighted by Gasteiger charge is -2.37. The Balaban J connectivity index is 1.48. The molecule has 3 rings (SSSR count). The van der Waals surface area contributed by atoms with Crippen molar-refractivity contribution in [3.63, 3.8) is 0 Å². The molecule has 0 atom stereocenters. The smallest absolute Gasteiger partial charge is 0.295 e. The van der Waals surface area contributed by atoms with E-state index in [4.69, 9.17) is 0 Å². The first-order valence-electron chi connectivity index (χ1n) is 9.32. The zero-order chi connectivity index (χ0) is 17.0. The molecule has 1 saturated carbocycles. The summed E-state index contributed by atoms with van der Waals surface area (Å²) in [6.07, 6.45) is 4.67. The van der Waals surface area contributed by atoms with Crippen molar-refractivity contribution in [2.24, 2.45) is 11.8 Å². The summed E-state index contributed by atoms with van der Waals surface area (Å²) in [6.45, 7) is 2.46. The molecule has 1 aromatic rings. The number of unbranched alkanes of at least 4 members (excludes halogenated alkanes) is 1. The van der Waals surface area contributed by atoms with Gasteiger partial charge in [-0.3, -0.25) is 9.47 Å². The van der Waals surface area contributed by atoms with Crippen molar-refractivity contribution in [1.29, 1.82) is 0 Å². The zero-order valence-electron chi connectivity index (χ0n) is 14.5. The Bertz CT molecular complexity index is 497. The SMILES string of the molecule is CCCCc1ccc(C2CCC(C3COC(F)(F)OC3)CC2)cc1. The quantitative estimate of drug-likeness (QED) is 0.704. The second kappa shape index (κ2) is 7.92. The number of benzene rings is 1. The molecule has 2 nitrogen and oxygen atoms in total. The van der Waals surface area contributed by atoms with Crippen LogP contribution in [0.4, 0.5) is 8.78 Å². The van der Waals surface area contributed by atoms with Crippen LogP contribution in [-0.4, -0.2) is 19.5 Å². The predicted molar refractivity (Wildman–Crippen MR) is 90.1 cm³/mol. The Labute approximate surface area is 143 Å².